The molecule has 0 aliphatic heterocycles. The van der Waals surface area contributed by atoms with Crippen molar-refractivity contribution in [3.8, 4) is 5.75 Å². The van der Waals surface area contributed by atoms with Crippen molar-refractivity contribution in [2.75, 3.05) is 0 Å². The summed E-state index contributed by atoms with van der Waals surface area (Å²) in [5.41, 5.74) is 2.45. The zero-order valence-electron chi connectivity index (χ0n) is 12.1. The first-order valence-corrected chi connectivity index (χ1v) is 7.53. The minimum atomic E-state index is 0.0610. The zero-order chi connectivity index (χ0) is 14.4. The highest BCUT2D eigenvalue weighted by Gasteiger charge is 2.08. The first kappa shape index (κ1) is 14.9. The molecule has 0 fully saturated rings. The van der Waals surface area contributed by atoms with Crippen molar-refractivity contribution in [2.24, 2.45) is 0 Å². The smallest absolute Gasteiger partial charge is 0.119 e. The van der Waals surface area contributed by atoms with E-state index in [9.17, 15) is 0 Å². The van der Waals surface area contributed by atoms with Crippen LogP contribution in [0.2, 0.25) is 0 Å². The van der Waals surface area contributed by atoms with E-state index in [1.807, 2.05) is 44.2 Å². The Hall–Kier alpha value is -1.47. The molecule has 0 aliphatic carbocycles. The molecule has 20 heavy (non-hydrogen) atoms. The summed E-state index contributed by atoms with van der Waals surface area (Å²) in [6.07, 6.45) is 2.09. The maximum absolute atomic E-state index is 6.45. The molecule has 0 spiro atoms. The molecule has 1 atom stereocenters. The lowest BCUT2D eigenvalue weighted by Gasteiger charge is -2.12. The van der Waals surface area contributed by atoms with E-state index < -0.39 is 0 Å². The highest BCUT2D eigenvalue weighted by Crippen LogP contribution is 2.26. The molecule has 0 amide bonds. The highest BCUT2D eigenvalue weighted by molar-refractivity contribution is 6.20. The van der Waals surface area contributed by atoms with Crippen LogP contribution in [0.5, 0.6) is 5.75 Å². The Morgan fingerprint density at radius 3 is 2.45 bits per heavy atom. The number of halogens is 1. The number of hydrogen-bond donors (Lipinski definition) is 0. The number of rotatable bonds is 6. The summed E-state index contributed by atoms with van der Waals surface area (Å²) in [5, 5.41) is 0.0610. The molecule has 0 radical (unpaired) electrons. The quantitative estimate of drug-likeness (QED) is 0.648. The third-order valence-electron chi connectivity index (χ3n) is 3.12. The Balaban J connectivity index is 1.94. The Bertz CT molecular complexity index is 522. The standard InChI is InChI=1S/C18H21ClO/c1-14(2)20-17-10-6-7-15(13-17)11-12-18(19)16-8-4-3-5-9-16/h3-10,13-14,18H,11-12H2,1-2H3. The van der Waals surface area contributed by atoms with Gasteiger partial charge in [0.2, 0.25) is 0 Å². The van der Waals surface area contributed by atoms with Gasteiger partial charge in [-0.3, -0.25) is 0 Å². The third kappa shape index (κ3) is 4.57. The fraction of sp³-hybridized carbons (Fsp3) is 0.333. The fourth-order valence-corrected chi connectivity index (χ4v) is 2.42. The lowest BCUT2D eigenvalue weighted by Crippen LogP contribution is -2.05. The summed E-state index contributed by atoms with van der Waals surface area (Å²) in [5.74, 6) is 0.934. The molecule has 0 saturated carbocycles. The molecule has 0 N–H and O–H groups in total. The van der Waals surface area contributed by atoms with Crippen molar-refractivity contribution in [3.63, 3.8) is 0 Å². The molecule has 0 bridgehead atoms. The van der Waals surface area contributed by atoms with Crippen LogP contribution in [0, 0.1) is 0 Å². The van der Waals surface area contributed by atoms with E-state index in [0.29, 0.717) is 0 Å². The summed E-state index contributed by atoms with van der Waals surface area (Å²) >= 11 is 6.45. The second kappa shape index (κ2) is 7.35. The van der Waals surface area contributed by atoms with E-state index >= 15 is 0 Å². The average molecular weight is 289 g/mol. The second-order valence-electron chi connectivity index (χ2n) is 5.23. The summed E-state index contributed by atoms with van der Waals surface area (Å²) in [6.45, 7) is 4.08. The molecule has 1 unspecified atom stereocenters. The third-order valence-corrected chi connectivity index (χ3v) is 3.59. The van der Waals surface area contributed by atoms with Gasteiger partial charge in [-0.15, -0.1) is 11.6 Å². The monoisotopic (exact) mass is 288 g/mol. The van der Waals surface area contributed by atoms with Crippen LogP contribution >= 0.6 is 11.6 Å². The molecule has 106 valence electrons. The zero-order valence-corrected chi connectivity index (χ0v) is 12.8. The van der Waals surface area contributed by atoms with Crippen molar-refractivity contribution in [1.29, 1.82) is 0 Å². The van der Waals surface area contributed by atoms with Gasteiger partial charge in [0, 0.05) is 0 Å². The van der Waals surface area contributed by atoms with Gasteiger partial charge in [-0.05, 0) is 49.9 Å². The molecular weight excluding hydrogens is 268 g/mol. The average Bonchev–Trinajstić information content (AvgIpc) is 2.45. The first-order chi connectivity index (χ1) is 9.65. The fourth-order valence-electron chi connectivity index (χ4n) is 2.17. The Labute approximate surface area is 126 Å². The van der Waals surface area contributed by atoms with Crippen LogP contribution in [-0.4, -0.2) is 6.10 Å². The summed E-state index contributed by atoms with van der Waals surface area (Å²) in [4.78, 5) is 0. The van der Waals surface area contributed by atoms with Crippen LogP contribution in [0.1, 0.15) is 36.8 Å². The van der Waals surface area contributed by atoms with E-state index in [-0.39, 0.29) is 11.5 Å². The summed E-state index contributed by atoms with van der Waals surface area (Å²) in [6, 6.07) is 18.5. The van der Waals surface area contributed by atoms with E-state index in [2.05, 4.69) is 24.3 Å². The van der Waals surface area contributed by atoms with Gasteiger partial charge in [-0.2, -0.15) is 0 Å². The minimum Gasteiger partial charge on any atom is -0.491 e. The molecule has 0 aromatic heterocycles. The van der Waals surface area contributed by atoms with Gasteiger partial charge in [0.15, 0.2) is 0 Å². The van der Waals surface area contributed by atoms with Gasteiger partial charge < -0.3 is 4.74 Å². The van der Waals surface area contributed by atoms with Gasteiger partial charge in [-0.25, -0.2) is 0 Å². The van der Waals surface area contributed by atoms with E-state index in [1.165, 1.54) is 11.1 Å². The number of benzene rings is 2. The molecule has 2 heteroatoms. The maximum Gasteiger partial charge on any atom is 0.119 e. The molecule has 2 aromatic rings. The molecule has 2 rings (SSSR count). The lowest BCUT2D eigenvalue weighted by molar-refractivity contribution is 0.242. The summed E-state index contributed by atoms with van der Waals surface area (Å²) in [7, 11) is 0. The predicted molar refractivity (Wildman–Crippen MR) is 85.6 cm³/mol. The molecule has 0 heterocycles. The SMILES string of the molecule is CC(C)Oc1cccc(CCC(Cl)c2ccccc2)c1. The Morgan fingerprint density at radius 1 is 1.00 bits per heavy atom. The Morgan fingerprint density at radius 2 is 1.75 bits per heavy atom. The topological polar surface area (TPSA) is 9.23 Å². The maximum atomic E-state index is 6.45. The van der Waals surface area contributed by atoms with Gasteiger partial charge in [0.1, 0.15) is 5.75 Å². The van der Waals surface area contributed by atoms with Crippen LogP contribution in [0.4, 0.5) is 0 Å². The predicted octanol–water partition coefficient (Wildman–Crippen LogP) is 5.39. The van der Waals surface area contributed by atoms with Crippen LogP contribution in [0.3, 0.4) is 0 Å². The Kier molecular flexibility index (Phi) is 5.49. The normalized spacial score (nSPS) is 12.4. The van der Waals surface area contributed by atoms with Crippen molar-refractivity contribution in [1.82, 2.24) is 0 Å². The number of alkyl halides is 1. The highest BCUT2D eigenvalue weighted by atomic mass is 35.5. The molecule has 2 aromatic carbocycles. The number of ether oxygens (including phenoxy) is 1. The van der Waals surface area contributed by atoms with Crippen molar-refractivity contribution >= 4 is 11.6 Å². The molecule has 1 nitrogen and oxygen atoms in total. The van der Waals surface area contributed by atoms with Gasteiger partial charge in [0.05, 0.1) is 11.5 Å². The first-order valence-electron chi connectivity index (χ1n) is 7.10. The van der Waals surface area contributed by atoms with Crippen molar-refractivity contribution < 1.29 is 4.74 Å². The summed E-state index contributed by atoms with van der Waals surface area (Å²) < 4.78 is 5.71. The number of aryl methyl sites for hydroxylation is 1. The number of hydrogen-bond acceptors (Lipinski definition) is 1. The van der Waals surface area contributed by atoms with Gasteiger partial charge >= 0.3 is 0 Å². The van der Waals surface area contributed by atoms with Gasteiger partial charge in [-0.1, -0.05) is 42.5 Å². The van der Waals surface area contributed by atoms with Crippen LogP contribution < -0.4 is 4.74 Å². The van der Waals surface area contributed by atoms with E-state index in [0.717, 1.165) is 18.6 Å². The lowest BCUT2D eigenvalue weighted by atomic mass is 10.0. The van der Waals surface area contributed by atoms with E-state index in [4.69, 9.17) is 16.3 Å². The molecular formula is C18H21ClO. The van der Waals surface area contributed by atoms with Crippen LogP contribution in [-0.2, 0) is 6.42 Å². The van der Waals surface area contributed by atoms with Crippen LogP contribution in [0.25, 0.3) is 0 Å². The van der Waals surface area contributed by atoms with Crippen molar-refractivity contribution in [3.05, 3.63) is 65.7 Å². The van der Waals surface area contributed by atoms with Gasteiger partial charge in [0.25, 0.3) is 0 Å². The molecule has 0 aliphatic rings. The minimum absolute atomic E-state index is 0.0610. The van der Waals surface area contributed by atoms with E-state index in [1.54, 1.807) is 0 Å². The largest absolute Gasteiger partial charge is 0.491 e. The van der Waals surface area contributed by atoms with Crippen molar-refractivity contribution in [2.45, 2.75) is 38.2 Å². The van der Waals surface area contributed by atoms with Crippen LogP contribution in [0.15, 0.2) is 54.6 Å². The molecule has 0 saturated heterocycles. The second-order valence-corrected chi connectivity index (χ2v) is 5.76.